The minimum atomic E-state index is -4.45. The van der Waals surface area contributed by atoms with Crippen molar-refractivity contribution in [1.29, 1.82) is 0 Å². The topological polar surface area (TPSA) is 58.6 Å². The fraction of sp³-hybridized carbons (Fsp3) is 0.538. The molecule has 1 aliphatic carbocycles. The van der Waals surface area contributed by atoms with Crippen molar-refractivity contribution in [3.63, 3.8) is 0 Å². The first-order valence-electron chi connectivity index (χ1n) is 12.4. The van der Waals surface area contributed by atoms with Gasteiger partial charge in [-0.25, -0.2) is 4.39 Å². The van der Waals surface area contributed by atoms with Crippen LogP contribution in [-0.4, -0.2) is 23.8 Å². The predicted molar refractivity (Wildman–Crippen MR) is 136 cm³/mol. The van der Waals surface area contributed by atoms with E-state index in [1.807, 2.05) is 12.1 Å². The maximum absolute atomic E-state index is 14.5. The normalized spacial score (nSPS) is 16.4. The zero-order valence-corrected chi connectivity index (χ0v) is 22.0. The van der Waals surface area contributed by atoms with Crippen LogP contribution >= 0.6 is 20.0 Å². The molecule has 0 aliphatic heterocycles. The highest BCUT2D eigenvalue weighted by Gasteiger charge is 2.37. The zero-order chi connectivity index (χ0) is 26.0. The molecule has 36 heavy (non-hydrogen) atoms. The van der Waals surface area contributed by atoms with Gasteiger partial charge in [-0.15, -0.1) is 11.8 Å². The number of unbranched alkanes of at least 4 members (excludes halogenated alkanes) is 1. The van der Waals surface area contributed by atoms with Gasteiger partial charge in [-0.05, 0) is 79.1 Å². The van der Waals surface area contributed by atoms with E-state index in [0.717, 1.165) is 50.5 Å². The Morgan fingerprint density at radius 1 is 1.08 bits per heavy atom. The van der Waals surface area contributed by atoms with Gasteiger partial charge in [0.05, 0.1) is 12.2 Å². The molecule has 2 N–H and O–H groups in total. The van der Waals surface area contributed by atoms with Gasteiger partial charge < -0.3 is 14.7 Å². The van der Waals surface area contributed by atoms with Gasteiger partial charge in [0, 0.05) is 11.4 Å². The minimum Gasteiger partial charge on any atom is -0.326 e. The predicted octanol–water partition coefficient (Wildman–Crippen LogP) is 7.50. The van der Waals surface area contributed by atoms with Gasteiger partial charge in [-0.2, -0.15) is 13.2 Å². The Bertz CT molecular complexity index is 999. The van der Waals surface area contributed by atoms with Crippen molar-refractivity contribution in [1.82, 2.24) is 5.32 Å². The van der Waals surface area contributed by atoms with E-state index in [2.05, 4.69) is 9.84 Å². The van der Waals surface area contributed by atoms with E-state index in [4.69, 9.17) is 4.89 Å². The van der Waals surface area contributed by atoms with Crippen LogP contribution < -0.4 is 5.32 Å². The van der Waals surface area contributed by atoms with Crippen LogP contribution in [-0.2, 0) is 27.2 Å². The third kappa shape index (κ3) is 8.59. The van der Waals surface area contributed by atoms with E-state index in [9.17, 15) is 22.1 Å². The first-order valence-corrected chi connectivity index (χ1v) is 14.6. The summed E-state index contributed by atoms with van der Waals surface area (Å²) < 4.78 is 70.7. The van der Waals surface area contributed by atoms with Crippen LogP contribution in [0.5, 0.6) is 0 Å². The Morgan fingerprint density at radius 2 is 1.83 bits per heavy atom. The summed E-state index contributed by atoms with van der Waals surface area (Å²) in [6.07, 6.45) is 2.59. The average molecular weight is 548 g/mol. The molecule has 0 spiro atoms. The summed E-state index contributed by atoms with van der Waals surface area (Å²) in [5.74, 6) is 0.413. The van der Waals surface area contributed by atoms with E-state index >= 15 is 0 Å². The lowest BCUT2D eigenvalue weighted by Crippen LogP contribution is -2.23. The minimum absolute atomic E-state index is 0.117. The van der Waals surface area contributed by atoms with Crippen LogP contribution in [0.2, 0.25) is 0 Å². The van der Waals surface area contributed by atoms with Crippen LogP contribution in [0.3, 0.4) is 0 Å². The fourth-order valence-corrected chi connectivity index (χ4v) is 6.35. The van der Waals surface area contributed by atoms with Crippen molar-refractivity contribution >= 4 is 20.0 Å². The lowest BCUT2D eigenvalue weighted by Gasteiger charge is -2.30. The summed E-state index contributed by atoms with van der Waals surface area (Å²) >= 11 is 1.22. The molecule has 1 fully saturated rings. The molecule has 10 heteroatoms. The van der Waals surface area contributed by atoms with Crippen LogP contribution in [0.15, 0.2) is 47.4 Å². The number of hydrogen-bond donors (Lipinski definition) is 2. The molecule has 0 bridgehead atoms. The highest BCUT2D eigenvalue weighted by Crippen LogP contribution is 2.46. The molecular formula is C26H34F4NO3PS. The molecule has 0 radical (unpaired) electrons. The molecule has 0 heterocycles. The van der Waals surface area contributed by atoms with Gasteiger partial charge >= 0.3 is 14.4 Å². The van der Waals surface area contributed by atoms with Gasteiger partial charge in [0.25, 0.3) is 0 Å². The van der Waals surface area contributed by atoms with Gasteiger partial charge in [0.2, 0.25) is 0 Å². The largest absolute Gasteiger partial charge is 0.417 e. The highest BCUT2D eigenvalue weighted by atomic mass is 32.2. The Hall–Kier alpha value is -1.38. The van der Waals surface area contributed by atoms with Crippen LogP contribution in [0.1, 0.15) is 68.1 Å². The lowest BCUT2D eigenvalue weighted by molar-refractivity contribution is -0.139. The van der Waals surface area contributed by atoms with Crippen molar-refractivity contribution in [3.8, 4) is 0 Å². The second-order valence-electron chi connectivity index (χ2n) is 9.25. The van der Waals surface area contributed by atoms with Crippen molar-refractivity contribution in [2.24, 2.45) is 0 Å². The van der Waals surface area contributed by atoms with E-state index in [0.29, 0.717) is 24.3 Å². The van der Waals surface area contributed by atoms with Gasteiger partial charge in [-0.1, -0.05) is 43.5 Å². The maximum Gasteiger partial charge on any atom is 0.417 e. The average Bonchev–Trinajstić information content (AvgIpc) is 3.31. The van der Waals surface area contributed by atoms with Crippen LogP contribution in [0, 0.1) is 5.82 Å². The number of thioether (sulfide) groups is 1. The summed E-state index contributed by atoms with van der Waals surface area (Å²) in [6.45, 7) is 0.841. The summed E-state index contributed by atoms with van der Waals surface area (Å²) in [7, 11) is -2.95. The van der Waals surface area contributed by atoms with Crippen molar-refractivity contribution < 1.29 is 31.5 Å². The summed E-state index contributed by atoms with van der Waals surface area (Å²) in [6, 6.07) is 11.4. The molecule has 0 aromatic heterocycles. The van der Waals surface area contributed by atoms with Crippen molar-refractivity contribution in [2.45, 2.75) is 74.4 Å². The summed E-state index contributed by atoms with van der Waals surface area (Å²) in [5, 5.41) is 3.03. The standard InChI is InChI=1S/C26H34F4NO3PS/c27-23-9-2-1-8-21(23)25(12-3-4-13-25)14-5-6-17-36-24-11-10-20(18-22(24)26(28,29)30)19-31-15-7-16-34-35(32)33/h1-2,8-11,18,31,35H,3-7,12-17,19H2,(H,32,33). The van der Waals surface area contributed by atoms with E-state index in [1.54, 1.807) is 12.1 Å². The first kappa shape index (κ1) is 29.2. The molecule has 1 aliphatic rings. The molecule has 200 valence electrons. The zero-order valence-electron chi connectivity index (χ0n) is 20.2. The lowest BCUT2D eigenvalue weighted by atomic mass is 9.75. The number of hydrogen-bond acceptors (Lipinski definition) is 4. The van der Waals surface area contributed by atoms with Gasteiger partial charge in [-0.3, -0.25) is 4.57 Å². The molecule has 1 unspecified atom stereocenters. The molecule has 0 saturated heterocycles. The summed E-state index contributed by atoms with van der Waals surface area (Å²) in [5.41, 5.74) is 0.532. The number of nitrogens with one attached hydrogen (secondary N) is 1. The Labute approximate surface area is 215 Å². The Kier molecular flexibility index (Phi) is 11.3. The molecular weight excluding hydrogens is 513 g/mol. The smallest absolute Gasteiger partial charge is 0.326 e. The van der Waals surface area contributed by atoms with Crippen LogP contribution in [0.4, 0.5) is 17.6 Å². The van der Waals surface area contributed by atoms with Gasteiger partial charge in [0.15, 0.2) is 0 Å². The molecule has 2 aromatic carbocycles. The second kappa shape index (κ2) is 14.0. The van der Waals surface area contributed by atoms with Crippen molar-refractivity contribution in [2.75, 3.05) is 18.9 Å². The first-order chi connectivity index (χ1) is 17.2. The molecule has 1 atom stereocenters. The van der Waals surface area contributed by atoms with Gasteiger partial charge in [0.1, 0.15) is 5.82 Å². The second-order valence-corrected chi connectivity index (χ2v) is 11.2. The monoisotopic (exact) mass is 547 g/mol. The number of alkyl halides is 3. The quantitative estimate of drug-likeness (QED) is 0.111. The Morgan fingerprint density at radius 3 is 2.53 bits per heavy atom. The third-order valence-corrected chi connectivity index (χ3v) is 8.33. The number of rotatable bonds is 14. The fourth-order valence-electron chi connectivity index (χ4n) is 4.97. The highest BCUT2D eigenvalue weighted by molar-refractivity contribution is 7.99. The maximum atomic E-state index is 14.5. The third-order valence-electron chi connectivity index (χ3n) is 6.72. The molecule has 1 saturated carbocycles. The van der Waals surface area contributed by atoms with Crippen LogP contribution in [0.25, 0.3) is 0 Å². The Balaban J connectivity index is 1.51. The number of benzene rings is 2. The molecule has 2 aromatic rings. The number of halogens is 4. The molecule has 0 amide bonds. The van der Waals surface area contributed by atoms with E-state index in [1.165, 1.54) is 30.0 Å². The summed E-state index contributed by atoms with van der Waals surface area (Å²) in [4.78, 5) is 8.83. The van der Waals surface area contributed by atoms with E-state index < -0.39 is 20.0 Å². The van der Waals surface area contributed by atoms with E-state index in [-0.39, 0.29) is 29.3 Å². The molecule has 4 nitrogen and oxygen atoms in total. The SMILES string of the molecule is O=[PH](O)OCCCNCc1ccc(SCCCCC2(c3ccccc3F)CCCC2)c(C(F)(F)F)c1. The molecule has 3 rings (SSSR count). The van der Waals surface area contributed by atoms with Crippen molar-refractivity contribution in [3.05, 3.63) is 65.0 Å².